The molecule has 1 heteroatoms. The second-order valence-corrected chi connectivity index (χ2v) is 2.20. The number of hydrogen-bond donors (Lipinski definition) is 0. The van der Waals surface area contributed by atoms with Crippen molar-refractivity contribution >= 4 is 11.8 Å². The Labute approximate surface area is 49.3 Å². The van der Waals surface area contributed by atoms with Crippen LogP contribution in [-0.4, -0.2) is 5.75 Å². The molecule has 0 aliphatic rings. The third-order valence-corrected chi connectivity index (χ3v) is 1.16. The molecule has 0 saturated carbocycles. The molecule has 0 rings (SSSR count). The van der Waals surface area contributed by atoms with Gasteiger partial charge in [0.2, 0.25) is 0 Å². The van der Waals surface area contributed by atoms with Gasteiger partial charge in [-0.2, -0.15) is 0 Å². The van der Waals surface area contributed by atoms with E-state index >= 15 is 0 Å². The predicted molar refractivity (Wildman–Crippen MR) is 37.5 cm³/mol. The van der Waals surface area contributed by atoms with Crippen molar-refractivity contribution in [1.29, 1.82) is 0 Å². The molecule has 0 saturated heterocycles. The molecule has 7 heavy (non-hydrogen) atoms. The monoisotopic (exact) mass is 114 g/mol. The standard InChI is InChI=1S/C6H10S/c1-3-5-6-7-4-2/h3,5-6H,1,4H2,2H3. The lowest BCUT2D eigenvalue weighted by Gasteiger charge is -1.77. The molecule has 0 radical (unpaired) electrons. The maximum absolute atomic E-state index is 3.53. The number of rotatable bonds is 3. The largest absolute Gasteiger partial charge is 0.134 e. The lowest BCUT2D eigenvalue weighted by molar-refractivity contribution is 1.54. The van der Waals surface area contributed by atoms with Gasteiger partial charge in [0.25, 0.3) is 0 Å². The number of allylic oxidation sites excluding steroid dienone is 2. The predicted octanol–water partition coefficient (Wildman–Crippen LogP) is 2.44. The fourth-order valence-electron chi connectivity index (χ4n) is 0.207. The quantitative estimate of drug-likeness (QED) is 0.508. The highest BCUT2D eigenvalue weighted by Crippen LogP contribution is 1.98. The minimum atomic E-state index is 1.14. The molecule has 0 bridgehead atoms. The molecule has 0 aliphatic carbocycles. The summed E-state index contributed by atoms with van der Waals surface area (Å²) in [7, 11) is 0. The zero-order valence-electron chi connectivity index (χ0n) is 4.55. The fraction of sp³-hybridized carbons (Fsp3) is 0.333. The normalized spacial score (nSPS) is 9.86. The van der Waals surface area contributed by atoms with Crippen LogP contribution >= 0.6 is 11.8 Å². The van der Waals surface area contributed by atoms with E-state index in [-0.39, 0.29) is 0 Å². The Morgan fingerprint density at radius 3 is 2.86 bits per heavy atom. The van der Waals surface area contributed by atoms with Crippen LogP contribution in [0.3, 0.4) is 0 Å². The number of hydrogen-bond acceptors (Lipinski definition) is 1. The van der Waals surface area contributed by atoms with E-state index in [0.717, 1.165) is 5.75 Å². The molecule has 0 aromatic heterocycles. The van der Waals surface area contributed by atoms with Gasteiger partial charge in [-0.1, -0.05) is 25.7 Å². The lowest BCUT2D eigenvalue weighted by atomic mass is 10.6. The third kappa shape index (κ3) is 5.83. The van der Waals surface area contributed by atoms with E-state index in [1.165, 1.54) is 0 Å². The van der Waals surface area contributed by atoms with Gasteiger partial charge < -0.3 is 0 Å². The first-order valence-electron chi connectivity index (χ1n) is 2.31. The van der Waals surface area contributed by atoms with Crippen molar-refractivity contribution in [1.82, 2.24) is 0 Å². The van der Waals surface area contributed by atoms with E-state index in [1.807, 2.05) is 11.5 Å². The summed E-state index contributed by atoms with van der Waals surface area (Å²) in [5.41, 5.74) is 0. The molecule has 0 spiro atoms. The summed E-state index contributed by atoms with van der Waals surface area (Å²) in [6.45, 7) is 5.66. The van der Waals surface area contributed by atoms with Crippen LogP contribution in [0, 0.1) is 0 Å². The Morgan fingerprint density at radius 1 is 1.71 bits per heavy atom. The highest BCUT2D eigenvalue weighted by atomic mass is 32.2. The summed E-state index contributed by atoms with van der Waals surface area (Å²) in [5.74, 6) is 1.14. The van der Waals surface area contributed by atoms with Crippen LogP contribution in [0.25, 0.3) is 0 Å². The van der Waals surface area contributed by atoms with Gasteiger partial charge in [-0.3, -0.25) is 0 Å². The first-order chi connectivity index (χ1) is 3.41. The molecule has 0 atom stereocenters. The first-order valence-corrected chi connectivity index (χ1v) is 3.36. The van der Waals surface area contributed by atoms with Crippen molar-refractivity contribution in [2.45, 2.75) is 6.92 Å². The molecule has 0 amide bonds. The average molecular weight is 114 g/mol. The van der Waals surface area contributed by atoms with Crippen LogP contribution in [-0.2, 0) is 0 Å². The smallest absolute Gasteiger partial charge is 0.00544 e. The highest BCUT2D eigenvalue weighted by Gasteiger charge is 1.65. The topological polar surface area (TPSA) is 0 Å². The van der Waals surface area contributed by atoms with Crippen molar-refractivity contribution in [3.8, 4) is 0 Å². The fourth-order valence-corrected chi connectivity index (χ4v) is 0.622. The van der Waals surface area contributed by atoms with Gasteiger partial charge in [0, 0.05) is 0 Å². The highest BCUT2D eigenvalue weighted by molar-refractivity contribution is 8.02. The molecule has 0 aromatic rings. The molecule has 0 nitrogen and oxygen atoms in total. The van der Waals surface area contributed by atoms with Crippen molar-refractivity contribution in [3.05, 3.63) is 24.1 Å². The Bertz CT molecular complexity index is 64.6. The van der Waals surface area contributed by atoms with E-state index in [4.69, 9.17) is 0 Å². The molecule has 40 valence electrons. The molecule has 0 aromatic carbocycles. The summed E-state index contributed by atoms with van der Waals surface area (Å²) < 4.78 is 0. The first kappa shape index (κ1) is 6.83. The maximum Gasteiger partial charge on any atom is -0.00544 e. The van der Waals surface area contributed by atoms with Crippen molar-refractivity contribution < 1.29 is 0 Å². The van der Waals surface area contributed by atoms with Crippen LogP contribution < -0.4 is 0 Å². The summed E-state index contributed by atoms with van der Waals surface area (Å²) in [5, 5.41) is 2.03. The molecule has 0 unspecified atom stereocenters. The molecule has 0 heterocycles. The van der Waals surface area contributed by atoms with E-state index in [0.29, 0.717) is 0 Å². The summed E-state index contributed by atoms with van der Waals surface area (Å²) in [6, 6.07) is 0. The van der Waals surface area contributed by atoms with Gasteiger partial charge in [-0.15, -0.1) is 11.8 Å². The minimum Gasteiger partial charge on any atom is -0.134 e. The Kier molecular flexibility index (Phi) is 5.69. The summed E-state index contributed by atoms with van der Waals surface area (Å²) in [4.78, 5) is 0. The Hall–Kier alpha value is -0.170. The van der Waals surface area contributed by atoms with Crippen LogP contribution in [0.4, 0.5) is 0 Å². The second kappa shape index (κ2) is 5.83. The zero-order valence-corrected chi connectivity index (χ0v) is 5.37. The molecule has 0 fully saturated rings. The Morgan fingerprint density at radius 2 is 2.43 bits per heavy atom. The van der Waals surface area contributed by atoms with Gasteiger partial charge in [-0.25, -0.2) is 0 Å². The number of thioether (sulfide) groups is 1. The lowest BCUT2D eigenvalue weighted by Crippen LogP contribution is -1.54. The van der Waals surface area contributed by atoms with Gasteiger partial charge >= 0.3 is 0 Å². The van der Waals surface area contributed by atoms with Crippen LogP contribution in [0.5, 0.6) is 0 Å². The van der Waals surface area contributed by atoms with E-state index in [9.17, 15) is 0 Å². The molecular formula is C6H10S. The summed E-state index contributed by atoms with van der Waals surface area (Å²) >= 11 is 1.78. The van der Waals surface area contributed by atoms with Gasteiger partial charge in [0.1, 0.15) is 0 Å². The SMILES string of the molecule is C=CC=CSCC. The van der Waals surface area contributed by atoms with Crippen LogP contribution in [0.2, 0.25) is 0 Å². The molecule has 0 aliphatic heterocycles. The van der Waals surface area contributed by atoms with E-state index in [1.54, 1.807) is 17.8 Å². The van der Waals surface area contributed by atoms with Crippen molar-refractivity contribution in [2.24, 2.45) is 0 Å². The van der Waals surface area contributed by atoms with Gasteiger partial charge in [0.15, 0.2) is 0 Å². The minimum absolute atomic E-state index is 1.14. The Balaban J connectivity index is 2.92. The van der Waals surface area contributed by atoms with Crippen LogP contribution in [0.1, 0.15) is 6.92 Å². The van der Waals surface area contributed by atoms with Crippen molar-refractivity contribution in [2.75, 3.05) is 5.75 Å². The average Bonchev–Trinajstić information content (AvgIpc) is 1.69. The maximum atomic E-state index is 3.53. The summed E-state index contributed by atoms with van der Waals surface area (Å²) in [6.07, 6.45) is 3.72. The van der Waals surface area contributed by atoms with E-state index in [2.05, 4.69) is 13.5 Å². The van der Waals surface area contributed by atoms with E-state index < -0.39 is 0 Å². The zero-order chi connectivity index (χ0) is 5.54. The van der Waals surface area contributed by atoms with Crippen molar-refractivity contribution in [3.63, 3.8) is 0 Å². The molecular weight excluding hydrogens is 104 g/mol. The molecule has 0 N–H and O–H groups in total. The van der Waals surface area contributed by atoms with Crippen LogP contribution in [0.15, 0.2) is 24.1 Å². The third-order valence-electron chi connectivity index (χ3n) is 0.478. The van der Waals surface area contributed by atoms with Gasteiger partial charge in [-0.05, 0) is 11.2 Å². The van der Waals surface area contributed by atoms with Gasteiger partial charge in [0.05, 0.1) is 0 Å². The second-order valence-electron chi connectivity index (χ2n) is 1.02.